The Morgan fingerprint density at radius 2 is 1.55 bits per heavy atom. The summed E-state index contributed by atoms with van der Waals surface area (Å²) in [6, 6.07) is 0. The number of aliphatic hydroxyl groups is 2. The standard InChI is InChI=1S/C24H27N9O14P2/c1-2-3-41-21-14-20(30-24(26)31-21)33(8-28-14)23-16(36)18-11(45-23)6-43-48(37,38)46-17-10(5-42-49(39,40)47-18)44-22(15(17)35)32-7-27-13-9(34)4-12(25)29-19(13)32/h1,7-8,10-11,15-18,22-23,35-36H,3-6H2,(H2,25,29)(H,37,38)(H,39,40)(H2,26,30,31)/t10-,11-,15-,16-,17-,18-,22-,23-/m1/s1. The Hall–Kier alpha value is -3.88. The summed E-state index contributed by atoms with van der Waals surface area (Å²) in [6.07, 6.45) is -5.50. The monoisotopic (exact) mass is 727 g/mol. The van der Waals surface area contributed by atoms with E-state index in [0.717, 1.165) is 10.9 Å². The summed E-state index contributed by atoms with van der Waals surface area (Å²) in [5.41, 5.74) is 11.6. The van der Waals surface area contributed by atoms with E-state index in [-0.39, 0.29) is 53.4 Å². The SMILES string of the molecule is C#CCOc1nc(N)nc2c1ncn2[C@@H]1O[C@@H]2COP(=O)(O)O[C@H]3[C@@H](O)[C@H](n4cnc5c4N=C(N)CC5=O)O[C@@H]3COP(=O)(O)O[C@H]2[C@H]1O. The number of aliphatic imine (C=N–C) groups is 1. The number of Topliss-reactive ketones (excluding diaryl/α,β-unsaturated/α-hetero) is 1. The van der Waals surface area contributed by atoms with Gasteiger partial charge in [-0.3, -0.25) is 32.0 Å². The molecule has 2 unspecified atom stereocenters. The number of nitrogens with two attached hydrogens (primary N) is 2. The first-order chi connectivity index (χ1) is 23.2. The summed E-state index contributed by atoms with van der Waals surface area (Å²) in [5.74, 6) is 1.43. The first-order valence-corrected chi connectivity index (χ1v) is 17.2. The smallest absolute Gasteiger partial charge is 0.463 e. The molecule has 3 saturated heterocycles. The molecular formula is C24H27N9O14P2. The zero-order chi connectivity index (χ0) is 34.8. The molecule has 0 saturated carbocycles. The van der Waals surface area contributed by atoms with Crippen LogP contribution in [0.15, 0.2) is 17.6 Å². The second kappa shape index (κ2) is 12.5. The minimum Gasteiger partial charge on any atom is -0.463 e. The lowest BCUT2D eigenvalue weighted by atomic mass is 10.1. The molecule has 3 aromatic heterocycles. The highest BCUT2D eigenvalue weighted by Gasteiger charge is 2.54. The Kier molecular flexibility index (Phi) is 8.55. The molecule has 25 heteroatoms. The van der Waals surface area contributed by atoms with Crippen molar-refractivity contribution in [3.8, 4) is 18.2 Å². The van der Waals surface area contributed by atoms with E-state index in [1.54, 1.807) is 0 Å². The Morgan fingerprint density at radius 3 is 2.16 bits per heavy atom. The maximum Gasteiger partial charge on any atom is 0.472 e. The van der Waals surface area contributed by atoms with E-state index in [9.17, 15) is 33.9 Å². The van der Waals surface area contributed by atoms with Gasteiger partial charge in [0.15, 0.2) is 47.5 Å². The van der Waals surface area contributed by atoms with Crippen molar-refractivity contribution in [1.82, 2.24) is 29.1 Å². The van der Waals surface area contributed by atoms with Gasteiger partial charge in [0.2, 0.25) is 11.8 Å². The van der Waals surface area contributed by atoms with Crippen molar-refractivity contribution < 1.29 is 66.2 Å². The maximum atomic E-state index is 13.2. The summed E-state index contributed by atoms with van der Waals surface area (Å²) in [7, 11) is -10.2. The molecule has 10 atom stereocenters. The van der Waals surface area contributed by atoms with Gasteiger partial charge in [0, 0.05) is 0 Å². The Labute approximate surface area is 274 Å². The molecule has 4 aliphatic heterocycles. The van der Waals surface area contributed by atoms with Crippen LogP contribution < -0.4 is 16.2 Å². The largest absolute Gasteiger partial charge is 0.472 e. The van der Waals surface area contributed by atoms with Crippen molar-refractivity contribution in [2.45, 2.75) is 55.5 Å². The second-order valence-corrected chi connectivity index (χ2v) is 13.8. The Balaban J connectivity index is 1.15. The van der Waals surface area contributed by atoms with Crippen molar-refractivity contribution in [2.75, 3.05) is 25.6 Å². The minimum absolute atomic E-state index is 0.00631. The fourth-order valence-corrected chi connectivity index (χ4v) is 7.64. The maximum absolute atomic E-state index is 13.2. The van der Waals surface area contributed by atoms with Crippen molar-refractivity contribution in [2.24, 2.45) is 10.7 Å². The van der Waals surface area contributed by atoms with Crippen LogP contribution >= 0.6 is 15.6 Å². The number of aliphatic hydroxyl groups excluding tert-OH is 2. The number of amidine groups is 1. The average molecular weight is 727 g/mol. The van der Waals surface area contributed by atoms with Crippen molar-refractivity contribution >= 4 is 50.2 Å². The van der Waals surface area contributed by atoms with Gasteiger partial charge in [-0.1, -0.05) is 5.92 Å². The predicted molar refractivity (Wildman–Crippen MR) is 158 cm³/mol. The highest BCUT2D eigenvalue weighted by Crippen LogP contribution is 2.54. The number of terminal acetylenes is 1. The number of carbonyl (C=O) groups is 1. The third-order valence-electron chi connectivity index (χ3n) is 7.80. The molecule has 7 rings (SSSR count). The summed E-state index contributed by atoms with van der Waals surface area (Å²) in [6.45, 7) is -1.88. The van der Waals surface area contributed by atoms with Crippen LogP contribution in [0.2, 0.25) is 0 Å². The van der Waals surface area contributed by atoms with Crippen LogP contribution in [0, 0.1) is 12.3 Å². The van der Waals surface area contributed by atoms with Gasteiger partial charge in [0.1, 0.15) is 42.5 Å². The number of phosphoric ester groups is 2. The first-order valence-electron chi connectivity index (χ1n) is 14.2. The van der Waals surface area contributed by atoms with Crippen LogP contribution in [0.25, 0.3) is 11.2 Å². The van der Waals surface area contributed by atoms with Gasteiger partial charge >= 0.3 is 15.6 Å². The molecule has 3 fully saturated rings. The lowest BCUT2D eigenvalue weighted by Gasteiger charge is -2.27. The van der Waals surface area contributed by atoms with Crippen LogP contribution in [0.3, 0.4) is 0 Å². The van der Waals surface area contributed by atoms with Crippen LogP contribution in [0.4, 0.5) is 11.8 Å². The van der Waals surface area contributed by atoms with Crippen LogP contribution in [0.1, 0.15) is 29.4 Å². The van der Waals surface area contributed by atoms with Gasteiger partial charge < -0.3 is 45.7 Å². The summed E-state index contributed by atoms with van der Waals surface area (Å²) < 4.78 is 66.7. The molecule has 0 aliphatic carbocycles. The number of rotatable bonds is 4. The highest BCUT2D eigenvalue weighted by atomic mass is 31.2. The number of nitrogen functional groups attached to an aromatic ring is 1. The number of phosphoric acid groups is 2. The molecule has 4 aliphatic rings. The van der Waals surface area contributed by atoms with E-state index >= 15 is 0 Å². The number of carbonyl (C=O) groups excluding carboxylic acids is 1. The fourth-order valence-electron chi connectivity index (χ4n) is 5.71. The summed E-state index contributed by atoms with van der Waals surface area (Å²) in [5, 5.41) is 22.5. The van der Waals surface area contributed by atoms with Crippen molar-refractivity contribution in [3.05, 3.63) is 18.3 Å². The fraction of sp³-hybridized carbons (Fsp3) is 0.500. The number of hydrogen-bond acceptors (Lipinski definition) is 19. The van der Waals surface area contributed by atoms with Gasteiger partial charge in [-0.25, -0.2) is 24.1 Å². The van der Waals surface area contributed by atoms with E-state index in [2.05, 4.69) is 30.8 Å². The molecule has 262 valence electrons. The lowest BCUT2D eigenvalue weighted by Crippen LogP contribution is -2.39. The number of aromatic nitrogens is 6. The number of ketones is 1. The average Bonchev–Trinajstić information content (AvgIpc) is 3.79. The number of imidazole rings is 2. The van der Waals surface area contributed by atoms with Crippen LogP contribution in [-0.2, 0) is 36.7 Å². The molecule has 0 amide bonds. The molecular weight excluding hydrogens is 700 g/mol. The second-order valence-electron chi connectivity index (χ2n) is 11.0. The number of ether oxygens (including phenoxy) is 3. The normalized spacial score (nSPS) is 36.6. The zero-order valence-electron chi connectivity index (χ0n) is 24.7. The van der Waals surface area contributed by atoms with Crippen LogP contribution in [-0.4, -0.2) is 117 Å². The third kappa shape index (κ3) is 6.23. The summed E-state index contributed by atoms with van der Waals surface area (Å²) >= 11 is 0. The van der Waals surface area contributed by atoms with Gasteiger partial charge in [-0.15, -0.1) is 6.42 Å². The molecule has 0 bridgehead atoms. The molecule has 0 aromatic carbocycles. The molecule has 0 radical (unpaired) electrons. The molecule has 49 heavy (non-hydrogen) atoms. The quantitative estimate of drug-likeness (QED) is 0.130. The number of fused-ring (bicyclic) bond motifs is 4. The van der Waals surface area contributed by atoms with E-state index in [1.165, 1.54) is 10.9 Å². The third-order valence-corrected chi connectivity index (χ3v) is 9.77. The molecule has 7 heterocycles. The van der Waals surface area contributed by atoms with Gasteiger partial charge in [0.05, 0.1) is 32.3 Å². The van der Waals surface area contributed by atoms with E-state index in [4.69, 9.17) is 50.2 Å². The highest BCUT2D eigenvalue weighted by molar-refractivity contribution is 7.47. The van der Waals surface area contributed by atoms with E-state index in [0.29, 0.717) is 0 Å². The van der Waals surface area contributed by atoms with Crippen molar-refractivity contribution in [1.29, 1.82) is 0 Å². The van der Waals surface area contributed by atoms with Gasteiger partial charge in [-0.2, -0.15) is 9.97 Å². The summed E-state index contributed by atoms with van der Waals surface area (Å²) in [4.78, 5) is 54.1. The number of anilines is 1. The minimum atomic E-state index is -5.10. The Bertz CT molecular complexity index is 1980. The van der Waals surface area contributed by atoms with Crippen molar-refractivity contribution in [3.63, 3.8) is 0 Å². The van der Waals surface area contributed by atoms with Gasteiger partial charge in [0.25, 0.3) is 0 Å². The Morgan fingerprint density at radius 1 is 0.959 bits per heavy atom. The number of hydrogen-bond donors (Lipinski definition) is 6. The number of nitrogens with zero attached hydrogens (tertiary/aromatic N) is 7. The predicted octanol–water partition coefficient (Wildman–Crippen LogP) is -1.57. The zero-order valence-corrected chi connectivity index (χ0v) is 26.5. The molecule has 8 N–H and O–H groups in total. The van der Waals surface area contributed by atoms with E-state index < -0.39 is 83.7 Å². The lowest BCUT2D eigenvalue weighted by molar-refractivity contribution is -0.0666. The van der Waals surface area contributed by atoms with E-state index in [1.807, 2.05) is 0 Å². The topological polar surface area (TPSA) is 323 Å². The molecule has 23 nitrogen and oxygen atoms in total. The molecule has 0 spiro atoms. The molecule has 3 aromatic rings. The van der Waals surface area contributed by atoms with Gasteiger partial charge in [-0.05, 0) is 0 Å². The van der Waals surface area contributed by atoms with Crippen LogP contribution in [0.5, 0.6) is 5.88 Å². The first kappa shape index (κ1) is 33.6.